The largest absolute Gasteiger partial charge is 0.660 e. The van der Waals surface area contributed by atoms with Gasteiger partial charge in [-0.2, -0.15) is 21.1 Å². The fourth-order valence-electron chi connectivity index (χ4n) is 6.69. The fraction of sp³-hybridized carbons (Fsp3) is 1.00. The quantitative estimate of drug-likeness (QED) is 0.713. The predicted molar refractivity (Wildman–Crippen MR) is 116 cm³/mol. The van der Waals surface area contributed by atoms with Gasteiger partial charge in [-0.05, 0) is 57.8 Å². The van der Waals surface area contributed by atoms with Crippen molar-refractivity contribution in [1.29, 1.82) is 0 Å². The molecular weight excluding hydrogens is 350 g/mol. The SMILES string of the molecule is C[N-][C@@H]1[C@@H]2[C@@H]([C@@]3(C)CC[C@@H](C(C)(C)[N-]C)O3)CC[C@](C)([N-]C)[C@H]2CC[C@@]1(C)O. The van der Waals surface area contributed by atoms with Gasteiger partial charge < -0.3 is 25.8 Å². The van der Waals surface area contributed by atoms with Crippen LogP contribution in [0.2, 0.25) is 0 Å². The second kappa shape index (κ2) is 7.49. The van der Waals surface area contributed by atoms with Gasteiger partial charge in [-0.3, -0.25) is 0 Å². The third-order valence-corrected chi connectivity index (χ3v) is 8.90. The maximum Gasteiger partial charge on any atom is 0.0688 e. The van der Waals surface area contributed by atoms with Crippen LogP contribution in [0.5, 0.6) is 0 Å². The van der Waals surface area contributed by atoms with Crippen LogP contribution in [0.25, 0.3) is 16.0 Å². The number of hydrogen-bond acceptors (Lipinski definition) is 2. The van der Waals surface area contributed by atoms with Crippen LogP contribution in [0, 0.1) is 17.8 Å². The van der Waals surface area contributed by atoms with Crippen molar-refractivity contribution in [2.24, 2.45) is 17.8 Å². The number of hydrogen-bond donors (Lipinski definition) is 1. The highest BCUT2D eigenvalue weighted by atomic mass is 16.5. The maximum absolute atomic E-state index is 11.2. The molecule has 0 amide bonds. The van der Waals surface area contributed by atoms with E-state index in [0.717, 1.165) is 38.5 Å². The Morgan fingerprint density at radius 2 is 1.57 bits per heavy atom. The van der Waals surface area contributed by atoms with E-state index in [1.807, 2.05) is 28.1 Å². The molecule has 0 radical (unpaired) electrons. The molecule has 5 heteroatoms. The van der Waals surface area contributed by atoms with Gasteiger partial charge in [-0.15, -0.1) is 17.1 Å². The lowest BCUT2D eigenvalue weighted by molar-refractivity contribution is -0.149. The summed E-state index contributed by atoms with van der Waals surface area (Å²) in [6.07, 6.45) is 6.27. The van der Waals surface area contributed by atoms with Gasteiger partial charge in [0.1, 0.15) is 0 Å². The Morgan fingerprint density at radius 3 is 2.14 bits per heavy atom. The molecule has 5 nitrogen and oxygen atoms in total. The summed E-state index contributed by atoms with van der Waals surface area (Å²) in [5.74, 6) is 1.15. The van der Waals surface area contributed by atoms with Crippen molar-refractivity contribution in [3.63, 3.8) is 0 Å². The highest BCUT2D eigenvalue weighted by Gasteiger charge is 2.56. The summed E-state index contributed by atoms with van der Waals surface area (Å²) in [6, 6.07) is -0.0547. The van der Waals surface area contributed by atoms with Gasteiger partial charge in [0.05, 0.1) is 5.60 Å². The van der Waals surface area contributed by atoms with Gasteiger partial charge >= 0.3 is 0 Å². The number of aliphatic hydroxyl groups is 1. The minimum absolute atomic E-state index is 0.0208. The lowest BCUT2D eigenvalue weighted by atomic mass is 9.51. The van der Waals surface area contributed by atoms with Crippen LogP contribution >= 0.6 is 0 Å². The van der Waals surface area contributed by atoms with Gasteiger partial charge in [-0.1, -0.05) is 33.1 Å². The Balaban J connectivity index is 1.94. The topological polar surface area (TPSA) is 71.8 Å². The van der Waals surface area contributed by atoms with Crippen molar-refractivity contribution in [3.05, 3.63) is 16.0 Å². The van der Waals surface area contributed by atoms with E-state index < -0.39 is 5.60 Å². The number of rotatable bonds is 5. The normalized spacial score (nSPS) is 49.8. The van der Waals surface area contributed by atoms with Crippen molar-refractivity contribution in [2.45, 2.75) is 108 Å². The molecule has 0 unspecified atom stereocenters. The Labute approximate surface area is 172 Å². The molecule has 0 bridgehead atoms. The molecule has 1 N–H and O–H groups in total. The smallest absolute Gasteiger partial charge is 0.0688 e. The fourth-order valence-corrected chi connectivity index (χ4v) is 6.69. The summed E-state index contributed by atoms with van der Waals surface area (Å²) < 4.78 is 6.81. The second-order valence-electron chi connectivity index (χ2n) is 10.8. The van der Waals surface area contributed by atoms with E-state index >= 15 is 0 Å². The predicted octanol–water partition coefficient (Wildman–Crippen LogP) is 5.03. The number of likely N-dealkylation sites (N-methyl/N-ethyl adjacent to an activating group) is 2. The van der Waals surface area contributed by atoms with Crippen molar-refractivity contribution < 1.29 is 9.84 Å². The van der Waals surface area contributed by atoms with E-state index in [4.69, 9.17) is 15.4 Å². The Hall–Kier alpha value is -0.200. The molecule has 0 aromatic rings. The minimum Gasteiger partial charge on any atom is -0.660 e. The molecule has 0 aromatic carbocycles. The first-order valence-electron chi connectivity index (χ1n) is 11.2. The highest BCUT2D eigenvalue weighted by Crippen LogP contribution is 2.59. The lowest BCUT2D eigenvalue weighted by Crippen LogP contribution is -2.62. The van der Waals surface area contributed by atoms with Gasteiger partial charge in [0.25, 0.3) is 0 Å². The Bertz CT molecular complexity index is 566. The summed E-state index contributed by atoms with van der Waals surface area (Å²) in [6.45, 7) is 11.0. The Kier molecular flexibility index (Phi) is 6.02. The molecule has 28 heavy (non-hydrogen) atoms. The molecule has 2 saturated carbocycles. The molecule has 0 aromatic heterocycles. The standard InChI is InChI=1S/C23H42N3O2/c1-20(2,25-7)17-11-14-23(5,28-17)16-9-12-21(3,26-8)15-10-13-22(4,27)19(24-6)18(15)16/h15-19,27H,9-14H2,1-8H3/q-3/t15-,16-,17-,18-,19+,21-,22+,23+/m0/s1. The molecule has 8 atom stereocenters. The van der Waals surface area contributed by atoms with E-state index in [2.05, 4.69) is 33.0 Å². The first-order chi connectivity index (χ1) is 12.9. The van der Waals surface area contributed by atoms with E-state index in [1.165, 1.54) is 0 Å². The molecule has 3 fully saturated rings. The summed E-state index contributed by atoms with van der Waals surface area (Å²) in [4.78, 5) is 0. The van der Waals surface area contributed by atoms with Gasteiger partial charge in [0, 0.05) is 11.7 Å². The monoisotopic (exact) mass is 392 g/mol. The van der Waals surface area contributed by atoms with Crippen molar-refractivity contribution >= 4 is 0 Å². The minimum atomic E-state index is -0.744. The van der Waals surface area contributed by atoms with E-state index in [-0.39, 0.29) is 28.8 Å². The van der Waals surface area contributed by atoms with Crippen LogP contribution in [0.3, 0.4) is 0 Å². The molecule has 1 heterocycles. The average molecular weight is 393 g/mol. The van der Waals surface area contributed by atoms with Crippen molar-refractivity contribution in [3.8, 4) is 0 Å². The van der Waals surface area contributed by atoms with Crippen LogP contribution in [0.1, 0.15) is 73.1 Å². The van der Waals surface area contributed by atoms with Crippen LogP contribution in [-0.2, 0) is 4.74 Å². The zero-order chi connectivity index (χ0) is 21.0. The summed E-state index contributed by atoms with van der Waals surface area (Å²) in [5, 5.41) is 25.4. The Morgan fingerprint density at radius 1 is 0.929 bits per heavy atom. The van der Waals surface area contributed by atoms with Crippen molar-refractivity contribution in [1.82, 2.24) is 0 Å². The molecule has 2 aliphatic carbocycles. The second-order valence-corrected chi connectivity index (χ2v) is 10.8. The van der Waals surface area contributed by atoms with Crippen LogP contribution in [0.4, 0.5) is 0 Å². The van der Waals surface area contributed by atoms with Gasteiger partial charge in [-0.25, -0.2) is 0 Å². The van der Waals surface area contributed by atoms with Crippen LogP contribution in [0.15, 0.2) is 0 Å². The first-order valence-corrected chi connectivity index (χ1v) is 11.2. The van der Waals surface area contributed by atoms with Crippen molar-refractivity contribution in [2.75, 3.05) is 21.1 Å². The molecule has 1 aliphatic heterocycles. The third kappa shape index (κ3) is 3.56. The van der Waals surface area contributed by atoms with E-state index in [1.54, 1.807) is 0 Å². The summed E-state index contributed by atoms with van der Waals surface area (Å²) >= 11 is 0. The first kappa shape index (κ1) is 22.5. The molecular formula is C23H42N3O2-3. The maximum atomic E-state index is 11.2. The zero-order valence-electron chi connectivity index (χ0n) is 19.3. The van der Waals surface area contributed by atoms with Crippen LogP contribution in [-0.4, -0.2) is 60.7 Å². The number of fused-ring (bicyclic) bond motifs is 1. The molecule has 0 spiro atoms. The highest BCUT2D eigenvalue weighted by molar-refractivity contribution is 5.22. The molecule has 164 valence electrons. The van der Waals surface area contributed by atoms with Gasteiger partial charge in [0.15, 0.2) is 0 Å². The molecule has 1 saturated heterocycles. The number of nitrogens with zero attached hydrogens (tertiary/aromatic N) is 3. The summed E-state index contributed by atoms with van der Waals surface area (Å²) in [7, 11) is 5.75. The zero-order valence-corrected chi connectivity index (χ0v) is 19.3. The van der Waals surface area contributed by atoms with Gasteiger partial charge in [0.2, 0.25) is 0 Å². The lowest BCUT2D eigenvalue weighted by Gasteiger charge is -2.67. The third-order valence-electron chi connectivity index (χ3n) is 8.90. The molecule has 3 rings (SSSR count). The molecule has 3 aliphatic rings. The van der Waals surface area contributed by atoms with E-state index in [9.17, 15) is 5.11 Å². The van der Waals surface area contributed by atoms with E-state index in [0.29, 0.717) is 17.8 Å². The number of ether oxygens (including phenoxy) is 1. The average Bonchev–Trinajstić information content (AvgIpc) is 3.05. The summed E-state index contributed by atoms with van der Waals surface area (Å²) in [5.41, 5.74) is -1.10. The van der Waals surface area contributed by atoms with Crippen LogP contribution < -0.4 is 0 Å².